The Labute approximate surface area is 77.8 Å². The van der Waals surface area contributed by atoms with Crippen LogP contribution in [0.3, 0.4) is 0 Å². The molecule has 0 aromatic rings. The second-order valence-electron chi connectivity index (χ2n) is 0. The van der Waals surface area contributed by atoms with Crippen molar-refractivity contribution in [1.82, 2.24) is 0 Å². The summed E-state index contributed by atoms with van der Waals surface area (Å²) in [6, 6.07) is 0. The minimum atomic E-state index is 0. The Balaban J connectivity index is 0. The van der Waals surface area contributed by atoms with Crippen molar-refractivity contribution in [1.29, 1.82) is 0 Å². The molecule has 0 amide bonds. The average molecular weight is 253 g/mol. The standard InChI is InChI=1S/Fe.Mn.V.Zr. The Morgan fingerprint density at radius 2 is 1.00 bits per heavy atom. The molecular weight excluding hydrogens is 253 g/mol. The van der Waals surface area contributed by atoms with E-state index in [-0.39, 0.29) is 78.9 Å². The van der Waals surface area contributed by atoms with Gasteiger partial charge in [-0.25, -0.2) is 0 Å². The Morgan fingerprint density at radius 3 is 1.00 bits per heavy atom. The van der Waals surface area contributed by atoms with Crippen LogP contribution in [-0.2, 0) is 78.9 Å². The van der Waals surface area contributed by atoms with Gasteiger partial charge in [-0.3, -0.25) is 0 Å². The van der Waals surface area contributed by atoms with Crippen LogP contribution in [0.25, 0.3) is 0 Å². The van der Waals surface area contributed by atoms with E-state index in [1.54, 1.807) is 0 Å². The maximum Gasteiger partial charge on any atom is 0 e. The second-order valence-corrected chi connectivity index (χ2v) is 0. The molecule has 2 radical (unpaired) electrons. The van der Waals surface area contributed by atoms with Gasteiger partial charge in [-0.15, -0.1) is 0 Å². The van der Waals surface area contributed by atoms with Crippen molar-refractivity contribution in [3.05, 3.63) is 0 Å². The van der Waals surface area contributed by atoms with Gasteiger partial charge in [0.05, 0.1) is 0 Å². The van der Waals surface area contributed by atoms with Crippen LogP contribution in [0.15, 0.2) is 0 Å². The summed E-state index contributed by atoms with van der Waals surface area (Å²) in [7, 11) is 0. The second kappa shape index (κ2) is 17.8. The zero-order valence-electron chi connectivity index (χ0n) is 1.68. The van der Waals surface area contributed by atoms with Gasteiger partial charge in [-0.1, -0.05) is 0 Å². The average Bonchev–Trinajstić information content (AvgIpc) is 0. The van der Waals surface area contributed by atoms with E-state index in [0.717, 1.165) is 0 Å². The smallest absolute Gasteiger partial charge is 0 e. The summed E-state index contributed by atoms with van der Waals surface area (Å²) in [4.78, 5) is 0. The van der Waals surface area contributed by atoms with E-state index in [9.17, 15) is 0 Å². The predicted octanol–water partition coefficient (Wildman–Crippen LogP) is -0.0100. The molecule has 4 heteroatoms. The zero-order chi connectivity index (χ0) is 0. The minimum absolute atomic E-state index is 0. The van der Waals surface area contributed by atoms with Crippen LogP contribution in [-0.4, -0.2) is 0 Å². The van der Waals surface area contributed by atoms with Gasteiger partial charge < -0.3 is 0 Å². The molecule has 4 heavy (non-hydrogen) atoms. The molecule has 24 valence electrons. The fraction of sp³-hybridized carbons (Fsp3) is 0. The van der Waals surface area contributed by atoms with E-state index >= 15 is 0 Å². The molecule has 0 saturated heterocycles. The van der Waals surface area contributed by atoms with E-state index in [1.165, 1.54) is 0 Å². The molecule has 0 N–H and O–H groups in total. The van der Waals surface area contributed by atoms with Gasteiger partial charge in [0.25, 0.3) is 0 Å². The molecule has 0 atom stereocenters. The number of rotatable bonds is 0. The minimum Gasteiger partial charge on any atom is 0 e. The van der Waals surface area contributed by atoms with Gasteiger partial charge in [0, 0.05) is 78.9 Å². The summed E-state index contributed by atoms with van der Waals surface area (Å²) in [6.07, 6.45) is 0. The van der Waals surface area contributed by atoms with Crippen LogP contribution < -0.4 is 0 Å². The van der Waals surface area contributed by atoms with Gasteiger partial charge in [0.2, 0.25) is 0 Å². The van der Waals surface area contributed by atoms with Crippen LogP contribution in [0, 0.1) is 0 Å². The summed E-state index contributed by atoms with van der Waals surface area (Å²) >= 11 is 0. The zero-order valence-corrected chi connectivity index (χ0v) is 7.82. The molecule has 0 bridgehead atoms. The first-order chi connectivity index (χ1) is 0. The maximum absolute atomic E-state index is 0. The first-order valence-electron chi connectivity index (χ1n) is 0. The molecule has 0 aliphatic heterocycles. The molecule has 0 heterocycles. The van der Waals surface area contributed by atoms with E-state index in [2.05, 4.69) is 0 Å². The summed E-state index contributed by atoms with van der Waals surface area (Å²) in [5, 5.41) is 0. The van der Waals surface area contributed by atoms with E-state index < -0.39 is 0 Å². The Bertz CT molecular complexity index is 8.00. The van der Waals surface area contributed by atoms with Crippen molar-refractivity contribution in [3.8, 4) is 0 Å². The molecule has 0 aromatic heterocycles. The predicted molar refractivity (Wildman–Crippen MR) is 0 cm³/mol. The summed E-state index contributed by atoms with van der Waals surface area (Å²) in [6.45, 7) is 0. The van der Waals surface area contributed by atoms with Crippen molar-refractivity contribution >= 4 is 0 Å². The van der Waals surface area contributed by atoms with Crippen molar-refractivity contribution in [3.63, 3.8) is 0 Å². The topological polar surface area (TPSA) is 0 Å². The molecular formula is FeMnVZr. The maximum atomic E-state index is 0. The van der Waals surface area contributed by atoms with Gasteiger partial charge in [0.1, 0.15) is 0 Å². The molecule has 0 aliphatic carbocycles. The quantitative estimate of drug-likeness (QED) is 0.533. The normalized spacial score (nSPS) is 0. The summed E-state index contributed by atoms with van der Waals surface area (Å²) in [5.74, 6) is 0. The third kappa shape index (κ3) is 8.82. The molecule has 0 rings (SSSR count). The fourth-order valence-corrected chi connectivity index (χ4v) is 0. The van der Waals surface area contributed by atoms with Crippen LogP contribution >= 0.6 is 0 Å². The largest absolute Gasteiger partial charge is 0 e. The van der Waals surface area contributed by atoms with Gasteiger partial charge in [-0.2, -0.15) is 0 Å². The van der Waals surface area contributed by atoms with E-state index in [1.807, 2.05) is 0 Å². The molecule has 0 aliphatic rings. The SMILES string of the molecule is [Fe].[Mn].[V].[Zr]. The number of hydrogen-bond donors (Lipinski definition) is 0. The van der Waals surface area contributed by atoms with Crippen LogP contribution in [0.2, 0.25) is 0 Å². The van der Waals surface area contributed by atoms with Gasteiger partial charge >= 0.3 is 0 Å². The Hall–Kier alpha value is 2.51. The summed E-state index contributed by atoms with van der Waals surface area (Å²) in [5.41, 5.74) is 0. The molecule has 0 nitrogen and oxygen atoms in total. The van der Waals surface area contributed by atoms with Crippen LogP contribution in [0.4, 0.5) is 0 Å². The van der Waals surface area contributed by atoms with Gasteiger partial charge in [-0.05, 0) is 0 Å². The third-order valence-corrected chi connectivity index (χ3v) is 0. The summed E-state index contributed by atoms with van der Waals surface area (Å²) < 4.78 is 0. The molecule has 0 saturated carbocycles. The molecule has 0 fully saturated rings. The molecule has 0 aromatic carbocycles. The van der Waals surface area contributed by atoms with E-state index in [4.69, 9.17) is 0 Å². The van der Waals surface area contributed by atoms with Crippen molar-refractivity contribution in [2.24, 2.45) is 0 Å². The van der Waals surface area contributed by atoms with Crippen molar-refractivity contribution < 1.29 is 78.9 Å². The first kappa shape index (κ1) is 31.4. The molecule has 0 spiro atoms. The van der Waals surface area contributed by atoms with Crippen molar-refractivity contribution in [2.75, 3.05) is 0 Å². The third-order valence-electron chi connectivity index (χ3n) is 0. The van der Waals surface area contributed by atoms with Crippen molar-refractivity contribution in [2.45, 2.75) is 0 Å². The van der Waals surface area contributed by atoms with Crippen LogP contribution in [0.5, 0.6) is 0 Å². The first-order valence-corrected chi connectivity index (χ1v) is 0. The fourth-order valence-electron chi connectivity index (χ4n) is 0. The Morgan fingerprint density at radius 1 is 1.00 bits per heavy atom. The Kier molecular flexibility index (Phi) is 140. The number of hydrogen-bond acceptors (Lipinski definition) is 0. The van der Waals surface area contributed by atoms with Crippen LogP contribution in [0.1, 0.15) is 0 Å². The monoisotopic (exact) mass is 252 g/mol. The van der Waals surface area contributed by atoms with Gasteiger partial charge in [0.15, 0.2) is 0 Å². The van der Waals surface area contributed by atoms with E-state index in [0.29, 0.717) is 0 Å². The molecule has 0 unspecified atom stereocenters.